The van der Waals surface area contributed by atoms with Crippen molar-refractivity contribution >= 4 is 11.0 Å². The number of aryl methyl sites for hydroxylation is 2. The zero-order chi connectivity index (χ0) is 13.6. The van der Waals surface area contributed by atoms with E-state index in [0.29, 0.717) is 12.0 Å². The number of imidazole rings is 1. The average molecular weight is 258 g/mol. The van der Waals surface area contributed by atoms with Crippen LogP contribution in [0, 0.1) is 12.8 Å². The van der Waals surface area contributed by atoms with Crippen molar-refractivity contribution in [3.63, 3.8) is 0 Å². The van der Waals surface area contributed by atoms with Crippen LogP contribution in [0.15, 0.2) is 18.2 Å². The number of hydrogen-bond acceptors (Lipinski definition) is 3. The fourth-order valence-corrected chi connectivity index (χ4v) is 3.05. The van der Waals surface area contributed by atoms with Gasteiger partial charge in [0.05, 0.1) is 11.0 Å². The minimum atomic E-state index is 0.480. The third kappa shape index (κ3) is 2.05. The molecule has 0 spiro atoms. The second-order valence-electron chi connectivity index (χ2n) is 5.79. The summed E-state index contributed by atoms with van der Waals surface area (Å²) in [6, 6.07) is 7.19. The average Bonchev–Trinajstić information content (AvgIpc) is 2.58. The Hall–Kier alpha value is -1.39. The van der Waals surface area contributed by atoms with E-state index in [4.69, 9.17) is 0 Å². The van der Waals surface area contributed by atoms with Crippen LogP contribution in [0.1, 0.15) is 17.4 Å². The summed E-state index contributed by atoms with van der Waals surface area (Å²) in [4.78, 5) is 6.97. The first-order chi connectivity index (χ1) is 9.08. The first-order valence-corrected chi connectivity index (χ1v) is 6.88. The molecule has 0 bridgehead atoms. The van der Waals surface area contributed by atoms with Gasteiger partial charge < -0.3 is 14.8 Å². The van der Waals surface area contributed by atoms with Crippen LogP contribution in [0.3, 0.4) is 0 Å². The van der Waals surface area contributed by atoms with E-state index in [1.165, 1.54) is 11.1 Å². The Labute approximate surface area is 114 Å². The van der Waals surface area contributed by atoms with Crippen LogP contribution in [-0.2, 0) is 7.05 Å². The van der Waals surface area contributed by atoms with Gasteiger partial charge in [-0.15, -0.1) is 0 Å². The van der Waals surface area contributed by atoms with Gasteiger partial charge in [0.2, 0.25) is 0 Å². The lowest BCUT2D eigenvalue weighted by Crippen LogP contribution is -2.48. The first kappa shape index (κ1) is 12.6. The maximum absolute atomic E-state index is 4.65. The standard InChI is InChI=1S/C15H22N4/c1-10-17-13-7-11(5-6-14(13)19(10)4)15(18(2)3)12-8-16-9-12/h5-7,12,15-16H,8-9H2,1-4H3. The fourth-order valence-electron chi connectivity index (χ4n) is 3.05. The van der Waals surface area contributed by atoms with Gasteiger partial charge in [0.1, 0.15) is 5.82 Å². The van der Waals surface area contributed by atoms with E-state index in [9.17, 15) is 0 Å². The summed E-state index contributed by atoms with van der Waals surface area (Å²) in [5, 5.41) is 3.37. The van der Waals surface area contributed by atoms with Crippen molar-refractivity contribution in [1.82, 2.24) is 19.8 Å². The molecule has 0 aliphatic carbocycles. The smallest absolute Gasteiger partial charge is 0.106 e. The van der Waals surface area contributed by atoms with Gasteiger partial charge in [0.15, 0.2) is 0 Å². The van der Waals surface area contributed by atoms with Crippen LogP contribution >= 0.6 is 0 Å². The zero-order valence-corrected chi connectivity index (χ0v) is 12.1. The third-order valence-corrected chi connectivity index (χ3v) is 4.29. The fraction of sp³-hybridized carbons (Fsp3) is 0.533. The van der Waals surface area contributed by atoms with Crippen molar-refractivity contribution in [2.24, 2.45) is 13.0 Å². The van der Waals surface area contributed by atoms with Gasteiger partial charge in [-0.25, -0.2) is 4.98 Å². The van der Waals surface area contributed by atoms with Crippen molar-refractivity contribution in [1.29, 1.82) is 0 Å². The molecule has 0 saturated carbocycles. The molecule has 0 amide bonds. The molecule has 102 valence electrons. The molecule has 2 aromatic rings. The summed E-state index contributed by atoms with van der Waals surface area (Å²) < 4.78 is 2.15. The van der Waals surface area contributed by atoms with E-state index in [-0.39, 0.29) is 0 Å². The molecule has 1 unspecified atom stereocenters. The molecule has 1 aromatic carbocycles. The number of nitrogens with zero attached hydrogens (tertiary/aromatic N) is 3. The molecular weight excluding hydrogens is 236 g/mol. The Morgan fingerprint density at radius 2 is 2.11 bits per heavy atom. The molecule has 1 fully saturated rings. The molecule has 4 heteroatoms. The zero-order valence-electron chi connectivity index (χ0n) is 12.1. The number of fused-ring (bicyclic) bond motifs is 1. The molecule has 1 aromatic heterocycles. The van der Waals surface area contributed by atoms with Gasteiger partial charge in [-0.3, -0.25) is 0 Å². The second-order valence-corrected chi connectivity index (χ2v) is 5.79. The summed E-state index contributed by atoms with van der Waals surface area (Å²) in [5.41, 5.74) is 3.70. The lowest BCUT2D eigenvalue weighted by atomic mass is 9.87. The Morgan fingerprint density at radius 3 is 2.68 bits per heavy atom. The van der Waals surface area contributed by atoms with E-state index in [1.807, 2.05) is 0 Å². The molecule has 1 aliphatic heterocycles. The van der Waals surface area contributed by atoms with E-state index in [1.54, 1.807) is 0 Å². The van der Waals surface area contributed by atoms with Crippen LogP contribution in [0.4, 0.5) is 0 Å². The van der Waals surface area contributed by atoms with Gasteiger partial charge in [-0.05, 0) is 38.7 Å². The normalized spacial score (nSPS) is 17.9. The predicted octanol–water partition coefficient (Wildman–Crippen LogP) is 1.70. The van der Waals surface area contributed by atoms with E-state index >= 15 is 0 Å². The highest BCUT2D eigenvalue weighted by Crippen LogP contribution is 2.31. The topological polar surface area (TPSA) is 33.1 Å². The highest BCUT2D eigenvalue weighted by molar-refractivity contribution is 5.77. The first-order valence-electron chi connectivity index (χ1n) is 6.88. The summed E-state index contributed by atoms with van der Waals surface area (Å²) >= 11 is 0. The molecule has 0 radical (unpaired) electrons. The Kier molecular flexibility index (Phi) is 3.07. The van der Waals surface area contributed by atoms with Crippen molar-refractivity contribution in [3.05, 3.63) is 29.6 Å². The van der Waals surface area contributed by atoms with Crippen molar-refractivity contribution < 1.29 is 0 Å². The van der Waals surface area contributed by atoms with Crippen LogP contribution in [0.25, 0.3) is 11.0 Å². The van der Waals surface area contributed by atoms with Gasteiger partial charge in [-0.2, -0.15) is 0 Å². The summed E-state index contributed by atoms with van der Waals surface area (Å²) in [7, 11) is 6.40. The summed E-state index contributed by atoms with van der Waals surface area (Å²) in [6.07, 6.45) is 0. The van der Waals surface area contributed by atoms with Crippen LogP contribution in [0.2, 0.25) is 0 Å². The molecule has 2 heterocycles. The van der Waals surface area contributed by atoms with Crippen molar-refractivity contribution in [2.75, 3.05) is 27.2 Å². The van der Waals surface area contributed by atoms with E-state index in [0.717, 1.165) is 24.4 Å². The lowest BCUT2D eigenvalue weighted by Gasteiger charge is -2.38. The Morgan fingerprint density at radius 1 is 1.37 bits per heavy atom. The monoisotopic (exact) mass is 258 g/mol. The summed E-state index contributed by atoms with van der Waals surface area (Å²) in [6.45, 7) is 4.28. The molecule has 1 atom stereocenters. The van der Waals surface area contributed by atoms with Crippen LogP contribution in [-0.4, -0.2) is 41.6 Å². The third-order valence-electron chi connectivity index (χ3n) is 4.29. The molecule has 1 saturated heterocycles. The highest BCUT2D eigenvalue weighted by atomic mass is 15.1. The largest absolute Gasteiger partial charge is 0.331 e. The van der Waals surface area contributed by atoms with E-state index < -0.39 is 0 Å². The van der Waals surface area contributed by atoms with Gasteiger partial charge >= 0.3 is 0 Å². The predicted molar refractivity (Wildman–Crippen MR) is 78.2 cm³/mol. The van der Waals surface area contributed by atoms with Gasteiger partial charge in [0, 0.05) is 32.1 Å². The van der Waals surface area contributed by atoms with Gasteiger partial charge in [-0.1, -0.05) is 6.07 Å². The molecular formula is C15H22N4. The summed E-state index contributed by atoms with van der Waals surface area (Å²) in [5.74, 6) is 1.77. The van der Waals surface area contributed by atoms with Crippen molar-refractivity contribution in [3.8, 4) is 0 Å². The maximum atomic E-state index is 4.65. The molecule has 3 rings (SSSR count). The minimum absolute atomic E-state index is 0.480. The molecule has 1 N–H and O–H groups in total. The number of rotatable bonds is 3. The number of benzene rings is 1. The van der Waals surface area contributed by atoms with Crippen LogP contribution in [0.5, 0.6) is 0 Å². The van der Waals surface area contributed by atoms with Gasteiger partial charge in [0.25, 0.3) is 0 Å². The van der Waals surface area contributed by atoms with Crippen molar-refractivity contribution in [2.45, 2.75) is 13.0 Å². The number of hydrogen-bond donors (Lipinski definition) is 1. The van der Waals surface area contributed by atoms with E-state index in [2.05, 4.69) is 66.0 Å². The lowest BCUT2D eigenvalue weighted by molar-refractivity contribution is 0.161. The van der Waals surface area contributed by atoms with Crippen LogP contribution < -0.4 is 5.32 Å². The minimum Gasteiger partial charge on any atom is -0.331 e. The number of nitrogens with one attached hydrogen (secondary N) is 1. The molecule has 1 aliphatic rings. The highest BCUT2D eigenvalue weighted by Gasteiger charge is 2.30. The Bertz CT molecular complexity index is 595. The second kappa shape index (κ2) is 4.62. The number of aromatic nitrogens is 2. The molecule has 4 nitrogen and oxygen atoms in total. The SMILES string of the molecule is Cc1nc2cc(C(C3CNC3)N(C)C)ccc2n1C. The quantitative estimate of drug-likeness (QED) is 0.909. The molecule has 19 heavy (non-hydrogen) atoms. The Balaban J connectivity index is 2.03. The maximum Gasteiger partial charge on any atom is 0.106 e.